The highest BCUT2D eigenvalue weighted by atomic mass is 79.9. The number of hydrogen-bond acceptors (Lipinski definition) is 3. The molecule has 4 heteroatoms. The summed E-state index contributed by atoms with van der Waals surface area (Å²) in [5.41, 5.74) is 0. The molecule has 1 aromatic rings. The van der Waals surface area contributed by atoms with Gasteiger partial charge in [-0.3, -0.25) is 0 Å². The van der Waals surface area contributed by atoms with Gasteiger partial charge in [0.1, 0.15) is 11.5 Å². The molecule has 0 heterocycles. The summed E-state index contributed by atoms with van der Waals surface area (Å²) in [5.74, 6) is 5.56. The number of aromatic hydroxyl groups is 1. The van der Waals surface area contributed by atoms with E-state index in [1.165, 1.54) is 12.1 Å². The molecule has 0 aliphatic rings. The van der Waals surface area contributed by atoms with Crippen LogP contribution in [0.1, 0.15) is 0 Å². The molecule has 0 saturated carbocycles. The Kier molecular flexibility index (Phi) is 3.83. The fourth-order valence-electron chi connectivity index (χ4n) is 0.525. The topological polar surface area (TPSA) is 55.5 Å². The van der Waals surface area contributed by atoms with E-state index in [4.69, 9.17) is 11.0 Å². The fourth-order valence-corrected chi connectivity index (χ4v) is 0.525. The van der Waals surface area contributed by atoms with Gasteiger partial charge in [-0.05, 0) is 24.3 Å². The summed E-state index contributed by atoms with van der Waals surface area (Å²) in [6, 6.07) is 6.16. The van der Waals surface area contributed by atoms with Crippen molar-refractivity contribution in [3.63, 3.8) is 0 Å². The van der Waals surface area contributed by atoms with Crippen LogP contribution in [0.25, 0.3) is 0 Å². The number of nitrogens with two attached hydrogens (primary N) is 1. The zero-order valence-corrected chi connectivity index (χ0v) is 6.86. The summed E-state index contributed by atoms with van der Waals surface area (Å²) in [5, 5.41) is 8.76. The molecule has 1 aromatic carbocycles. The third-order valence-electron chi connectivity index (χ3n) is 0.973. The van der Waals surface area contributed by atoms with E-state index in [1.54, 1.807) is 12.1 Å². The van der Waals surface area contributed by atoms with Gasteiger partial charge in [0.05, 0.1) is 0 Å². The molecule has 0 atom stereocenters. The minimum atomic E-state index is 0. The highest BCUT2D eigenvalue weighted by Crippen LogP contribution is 2.13. The quantitative estimate of drug-likeness (QED) is 0.679. The van der Waals surface area contributed by atoms with Gasteiger partial charge >= 0.3 is 0 Å². The molecule has 0 unspecified atom stereocenters. The maximum absolute atomic E-state index is 8.76. The Morgan fingerprint density at radius 1 is 1.20 bits per heavy atom. The number of phenolic OH excluding ortho intramolecular Hbond substituents is 1. The van der Waals surface area contributed by atoms with Gasteiger partial charge in [-0.25, -0.2) is 0 Å². The molecule has 3 N–H and O–H groups in total. The van der Waals surface area contributed by atoms with Crippen LogP contribution in [0.3, 0.4) is 0 Å². The summed E-state index contributed by atoms with van der Waals surface area (Å²) in [6.45, 7) is 0. The van der Waals surface area contributed by atoms with Gasteiger partial charge in [0.2, 0.25) is 0 Å². The lowest BCUT2D eigenvalue weighted by Crippen LogP contribution is -2.00. The first kappa shape index (κ1) is 9.26. The van der Waals surface area contributed by atoms with Gasteiger partial charge in [-0.2, -0.15) is 5.90 Å². The highest BCUT2D eigenvalue weighted by molar-refractivity contribution is 8.93. The SMILES string of the molecule is Br.NOc1ccc(O)cc1. The molecule has 0 aromatic heterocycles. The predicted molar refractivity (Wildman–Crippen MR) is 43.2 cm³/mol. The summed E-state index contributed by atoms with van der Waals surface area (Å²) in [7, 11) is 0. The van der Waals surface area contributed by atoms with Crippen LogP contribution in [0, 0.1) is 0 Å². The highest BCUT2D eigenvalue weighted by Gasteiger charge is 1.88. The monoisotopic (exact) mass is 205 g/mol. The number of halogens is 1. The lowest BCUT2D eigenvalue weighted by atomic mass is 10.3. The van der Waals surface area contributed by atoms with Crippen molar-refractivity contribution in [2.24, 2.45) is 5.90 Å². The first-order valence-corrected chi connectivity index (χ1v) is 2.48. The molecular weight excluding hydrogens is 198 g/mol. The van der Waals surface area contributed by atoms with Crippen molar-refractivity contribution in [3.8, 4) is 11.5 Å². The average molecular weight is 206 g/mol. The van der Waals surface area contributed by atoms with Crippen LogP contribution >= 0.6 is 17.0 Å². The molecule has 1 rings (SSSR count). The third kappa shape index (κ3) is 2.24. The van der Waals surface area contributed by atoms with Gasteiger partial charge in [-0.1, -0.05) is 0 Å². The minimum absolute atomic E-state index is 0. The second-order valence-electron chi connectivity index (χ2n) is 1.61. The van der Waals surface area contributed by atoms with Crippen LogP contribution < -0.4 is 10.7 Å². The summed E-state index contributed by atoms with van der Waals surface area (Å²) < 4.78 is 0. The minimum Gasteiger partial charge on any atom is -0.508 e. The van der Waals surface area contributed by atoms with Crippen LogP contribution in [0.4, 0.5) is 0 Å². The zero-order valence-electron chi connectivity index (χ0n) is 5.15. The van der Waals surface area contributed by atoms with Crippen LogP contribution in [0.5, 0.6) is 11.5 Å². The van der Waals surface area contributed by atoms with Crippen molar-refractivity contribution < 1.29 is 9.94 Å². The molecular formula is C6H8BrNO2. The summed E-state index contributed by atoms with van der Waals surface area (Å²) in [4.78, 5) is 4.36. The van der Waals surface area contributed by atoms with Crippen molar-refractivity contribution in [2.75, 3.05) is 0 Å². The van der Waals surface area contributed by atoms with E-state index < -0.39 is 0 Å². The molecule has 0 fully saturated rings. The standard InChI is InChI=1S/C6H7NO2.BrH/c7-9-6-3-1-5(8)2-4-6;/h1-4,8H,7H2;1H. The Morgan fingerprint density at radius 3 is 2.10 bits per heavy atom. The van der Waals surface area contributed by atoms with Crippen LogP contribution in [-0.2, 0) is 0 Å². The van der Waals surface area contributed by atoms with E-state index in [2.05, 4.69) is 4.84 Å². The van der Waals surface area contributed by atoms with Crippen molar-refractivity contribution in [1.82, 2.24) is 0 Å². The van der Waals surface area contributed by atoms with Gasteiger partial charge in [0.15, 0.2) is 0 Å². The number of benzene rings is 1. The van der Waals surface area contributed by atoms with E-state index >= 15 is 0 Å². The number of phenols is 1. The average Bonchev–Trinajstić information content (AvgIpc) is 1.90. The largest absolute Gasteiger partial charge is 0.508 e. The van der Waals surface area contributed by atoms with E-state index in [-0.39, 0.29) is 22.7 Å². The van der Waals surface area contributed by atoms with Crippen LogP contribution in [0.2, 0.25) is 0 Å². The molecule has 0 saturated heterocycles. The maximum atomic E-state index is 8.76. The van der Waals surface area contributed by atoms with Crippen LogP contribution in [0.15, 0.2) is 24.3 Å². The van der Waals surface area contributed by atoms with Crippen molar-refractivity contribution in [2.45, 2.75) is 0 Å². The maximum Gasteiger partial charge on any atom is 0.147 e. The Morgan fingerprint density at radius 2 is 1.70 bits per heavy atom. The van der Waals surface area contributed by atoms with E-state index in [0.29, 0.717) is 5.75 Å². The molecule has 0 amide bonds. The molecule has 10 heavy (non-hydrogen) atoms. The fraction of sp³-hybridized carbons (Fsp3) is 0. The van der Waals surface area contributed by atoms with Crippen LogP contribution in [-0.4, -0.2) is 5.11 Å². The molecule has 56 valence electrons. The van der Waals surface area contributed by atoms with Gasteiger partial charge in [0, 0.05) is 0 Å². The van der Waals surface area contributed by atoms with E-state index in [0.717, 1.165) is 0 Å². The van der Waals surface area contributed by atoms with Gasteiger partial charge in [-0.15, -0.1) is 17.0 Å². The lowest BCUT2D eigenvalue weighted by Gasteiger charge is -1.95. The van der Waals surface area contributed by atoms with Gasteiger partial charge in [0.25, 0.3) is 0 Å². The first-order valence-electron chi connectivity index (χ1n) is 2.48. The Labute approximate surface area is 69.1 Å². The molecule has 3 nitrogen and oxygen atoms in total. The number of rotatable bonds is 1. The zero-order chi connectivity index (χ0) is 6.69. The van der Waals surface area contributed by atoms with Gasteiger partial charge < -0.3 is 9.94 Å². The lowest BCUT2D eigenvalue weighted by molar-refractivity contribution is 0.333. The smallest absolute Gasteiger partial charge is 0.147 e. The molecule has 0 radical (unpaired) electrons. The second kappa shape index (κ2) is 4.14. The predicted octanol–water partition coefficient (Wildman–Crippen LogP) is 1.22. The second-order valence-corrected chi connectivity index (χ2v) is 1.61. The summed E-state index contributed by atoms with van der Waals surface area (Å²) >= 11 is 0. The van der Waals surface area contributed by atoms with Crippen molar-refractivity contribution in [1.29, 1.82) is 0 Å². The molecule has 0 spiro atoms. The van der Waals surface area contributed by atoms with E-state index in [9.17, 15) is 0 Å². The Hall–Kier alpha value is -0.740. The molecule has 0 bridgehead atoms. The Bertz CT molecular complexity index is 187. The van der Waals surface area contributed by atoms with Crippen molar-refractivity contribution >= 4 is 17.0 Å². The Balaban J connectivity index is 0.000000810. The van der Waals surface area contributed by atoms with E-state index in [1.807, 2.05) is 0 Å². The summed E-state index contributed by atoms with van der Waals surface area (Å²) in [6.07, 6.45) is 0. The molecule has 0 aliphatic heterocycles. The first-order chi connectivity index (χ1) is 4.33. The third-order valence-corrected chi connectivity index (χ3v) is 0.973. The molecule has 0 aliphatic carbocycles. The normalized spacial score (nSPS) is 8.10. The van der Waals surface area contributed by atoms with Crippen molar-refractivity contribution in [3.05, 3.63) is 24.3 Å². The number of hydrogen-bond donors (Lipinski definition) is 2.